The Labute approximate surface area is 190 Å². The molecule has 4 rings (SSSR count). The number of nitrogens with zero attached hydrogens (tertiary/aromatic N) is 1. The standard InChI is InChI=1S/C26H20N2O5/c1-17-21-9-5-6-10-22(21)26(32)28(17)15-24(30)33-16-23(29)18-11-13-20(14-12-18)27-25(31)19-7-3-2-4-8-19/h2-14H,1,15-16H2,(H,27,31). The van der Waals surface area contributed by atoms with Gasteiger partial charge < -0.3 is 10.1 Å². The molecular formula is C26H20N2O5. The van der Waals surface area contributed by atoms with Gasteiger partial charge in [0.25, 0.3) is 11.8 Å². The molecule has 1 aliphatic heterocycles. The molecule has 0 unspecified atom stereocenters. The molecule has 0 atom stereocenters. The van der Waals surface area contributed by atoms with Gasteiger partial charge in [0.1, 0.15) is 6.54 Å². The Morgan fingerprint density at radius 1 is 0.818 bits per heavy atom. The summed E-state index contributed by atoms with van der Waals surface area (Å²) in [5, 5.41) is 2.75. The highest BCUT2D eigenvalue weighted by Crippen LogP contribution is 2.30. The van der Waals surface area contributed by atoms with E-state index in [9.17, 15) is 19.2 Å². The smallest absolute Gasteiger partial charge is 0.326 e. The molecule has 0 saturated carbocycles. The average molecular weight is 440 g/mol. The normalized spacial score (nSPS) is 12.3. The molecular weight excluding hydrogens is 420 g/mol. The third kappa shape index (κ3) is 4.72. The Hall–Kier alpha value is -4.52. The monoisotopic (exact) mass is 440 g/mol. The Balaban J connectivity index is 1.29. The van der Waals surface area contributed by atoms with Crippen molar-refractivity contribution in [2.45, 2.75) is 0 Å². The van der Waals surface area contributed by atoms with Crippen molar-refractivity contribution in [3.8, 4) is 0 Å². The quantitative estimate of drug-likeness (QED) is 0.446. The number of ether oxygens (including phenoxy) is 1. The second kappa shape index (κ2) is 9.32. The van der Waals surface area contributed by atoms with Gasteiger partial charge in [-0.15, -0.1) is 0 Å². The van der Waals surface area contributed by atoms with E-state index in [0.717, 1.165) is 0 Å². The molecule has 2 amide bonds. The minimum atomic E-state index is -0.711. The van der Waals surface area contributed by atoms with Crippen LogP contribution in [0.5, 0.6) is 0 Å². The maximum Gasteiger partial charge on any atom is 0.326 e. The molecule has 33 heavy (non-hydrogen) atoms. The molecule has 164 valence electrons. The number of ketones is 1. The Morgan fingerprint density at radius 2 is 1.45 bits per heavy atom. The van der Waals surface area contributed by atoms with E-state index >= 15 is 0 Å². The number of hydrogen-bond donors (Lipinski definition) is 1. The fourth-order valence-corrected chi connectivity index (χ4v) is 3.44. The first kappa shape index (κ1) is 21.7. The zero-order chi connectivity index (χ0) is 23.4. The van der Waals surface area contributed by atoms with Gasteiger partial charge >= 0.3 is 5.97 Å². The first-order chi connectivity index (χ1) is 15.9. The van der Waals surface area contributed by atoms with Gasteiger partial charge in [-0.3, -0.25) is 24.1 Å². The lowest BCUT2D eigenvalue weighted by atomic mass is 10.1. The molecule has 1 N–H and O–H groups in total. The van der Waals surface area contributed by atoms with Gasteiger partial charge in [-0.1, -0.05) is 43.0 Å². The van der Waals surface area contributed by atoms with E-state index in [1.54, 1.807) is 72.8 Å². The molecule has 0 aliphatic carbocycles. The number of Topliss-reactive ketones (excluding diaryl/α,β-unsaturated/α-hetero) is 1. The van der Waals surface area contributed by atoms with Gasteiger partial charge in [0, 0.05) is 33.6 Å². The van der Waals surface area contributed by atoms with Crippen LogP contribution < -0.4 is 5.32 Å². The van der Waals surface area contributed by atoms with E-state index in [1.165, 1.54) is 4.90 Å². The Kier molecular flexibility index (Phi) is 6.13. The molecule has 3 aromatic carbocycles. The number of rotatable bonds is 7. The fourth-order valence-electron chi connectivity index (χ4n) is 3.44. The largest absolute Gasteiger partial charge is 0.456 e. The summed E-state index contributed by atoms with van der Waals surface area (Å²) < 4.78 is 5.08. The summed E-state index contributed by atoms with van der Waals surface area (Å²) in [5.74, 6) is -1.70. The molecule has 0 aromatic heterocycles. The second-order valence-electron chi connectivity index (χ2n) is 7.36. The summed E-state index contributed by atoms with van der Waals surface area (Å²) in [7, 11) is 0. The highest BCUT2D eigenvalue weighted by atomic mass is 16.5. The number of anilines is 1. The number of amides is 2. The molecule has 1 heterocycles. The van der Waals surface area contributed by atoms with E-state index in [0.29, 0.717) is 33.6 Å². The predicted octanol–water partition coefficient (Wildman–Crippen LogP) is 3.79. The third-order valence-corrected chi connectivity index (χ3v) is 5.19. The van der Waals surface area contributed by atoms with Crippen molar-refractivity contribution in [3.63, 3.8) is 0 Å². The molecule has 7 heteroatoms. The van der Waals surface area contributed by atoms with Crippen LogP contribution in [0.25, 0.3) is 5.70 Å². The number of nitrogens with one attached hydrogen (secondary N) is 1. The number of carbonyl (C=O) groups is 4. The maximum atomic E-state index is 12.5. The van der Waals surface area contributed by atoms with E-state index in [4.69, 9.17) is 4.74 Å². The van der Waals surface area contributed by atoms with Crippen LogP contribution in [0.3, 0.4) is 0 Å². The van der Waals surface area contributed by atoms with Crippen molar-refractivity contribution >= 4 is 35.0 Å². The van der Waals surface area contributed by atoms with Gasteiger partial charge in [0.05, 0.1) is 0 Å². The fraction of sp³-hybridized carbons (Fsp3) is 0.0769. The number of carbonyl (C=O) groups excluding carboxylic acids is 4. The van der Waals surface area contributed by atoms with Crippen LogP contribution in [-0.2, 0) is 9.53 Å². The minimum Gasteiger partial charge on any atom is -0.456 e. The lowest BCUT2D eigenvalue weighted by molar-refractivity contribution is -0.142. The summed E-state index contributed by atoms with van der Waals surface area (Å²) in [6.45, 7) is 3.08. The molecule has 1 aliphatic rings. The van der Waals surface area contributed by atoms with Gasteiger partial charge in [-0.05, 0) is 42.5 Å². The number of hydrogen-bond acceptors (Lipinski definition) is 5. The predicted molar refractivity (Wildman–Crippen MR) is 123 cm³/mol. The molecule has 0 bridgehead atoms. The summed E-state index contributed by atoms with van der Waals surface area (Å²) in [6, 6.07) is 22.0. The Bertz CT molecular complexity index is 1210. The molecule has 0 spiro atoms. The zero-order valence-electron chi connectivity index (χ0n) is 17.6. The molecule has 0 saturated heterocycles. The summed E-state index contributed by atoms with van der Waals surface area (Å²) in [5.41, 5.74) is 2.95. The van der Waals surface area contributed by atoms with Crippen molar-refractivity contribution in [2.75, 3.05) is 18.5 Å². The van der Waals surface area contributed by atoms with Crippen LogP contribution in [0.15, 0.2) is 85.4 Å². The van der Waals surface area contributed by atoms with Crippen molar-refractivity contribution in [1.29, 1.82) is 0 Å². The van der Waals surface area contributed by atoms with Gasteiger partial charge in [-0.2, -0.15) is 0 Å². The second-order valence-corrected chi connectivity index (χ2v) is 7.36. The van der Waals surface area contributed by atoms with E-state index in [2.05, 4.69) is 11.9 Å². The highest BCUT2D eigenvalue weighted by Gasteiger charge is 2.32. The third-order valence-electron chi connectivity index (χ3n) is 5.19. The Morgan fingerprint density at radius 3 is 2.12 bits per heavy atom. The van der Waals surface area contributed by atoms with Crippen molar-refractivity contribution < 1.29 is 23.9 Å². The lowest BCUT2D eigenvalue weighted by Crippen LogP contribution is -2.31. The van der Waals surface area contributed by atoms with Crippen LogP contribution in [0.2, 0.25) is 0 Å². The van der Waals surface area contributed by atoms with Crippen LogP contribution in [0.1, 0.15) is 36.6 Å². The highest BCUT2D eigenvalue weighted by molar-refractivity contribution is 6.10. The number of esters is 1. The topological polar surface area (TPSA) is 92.8 Å². The van der Waals surface area contributed by atoms with Crippen molar-refractivity contribution in [2.24, 2.45) is 0 Å². The first-order valence-corrected chi connectivity index (χ1v) is 10.2. The van der Waals surface area contributed by atoms with E-state index in [1.807, 2.05) is 6.07 Å². The molecule has 0 radical (unpaired) electrons. The first-order valence-electron chi connectivity index (χ1n) is 10.2. The zero-order valence-corrected chi connectivity index (χ0v) is 17.6. The summed E-state index contributed by atoms with van der Waals surface area (Å²) >= 11 is 0. The van der Waals surface area contributed by atoms with Crippen LogP contribution in [0, 0.1) is 0 Å². The van der Waals surface area contributed by atoms with Gasteiger partial charge in [0.15, 0.2) is 12.4 Å². The van der Waals surface area contributed by atoms with E-state index in [-0.39, 0.29) is 18.4 Å². The average Bonchev–Trinajstić information content (AvgIpc) is 3.08. The SMILES string of the molecule is C=C1c2ccccc2C(=O)N1CC(=O)OCC(=O)c1ccc(NC(=O)c2ccccc2)cc1. The van der Waals surface area contributed by atoms with Gasteiger partial charge in [0.2, 0.25) is 0 Å². The summed E-state index contributed by atoms with van der Waals surface area (Å²) in [4.78, 5) is 50.5. The lowest BCUT2D eigenvalue weighted by Gasteiger charge is -2.16. The van der Waals surface area contributed by atoms with Crippen LogP contribution in [-0.4, -0.2) is 41.6 Å². The van der Waals surface area contributed by atoms with E-state index < -0.39 is 18.4 Å². The van der Waals surface area contributed by atoms with Crippen molar-refractivity contribution in [1.82, 2.24) is 4.90 Å². The molecule has 7 nitrogen and oxygen atoms in total. The molecule has 3 aromatic rings. The van der Waals surface area contributed by atoms with Gasteiger partial charge in [-0.25, -0.2) is 0 Å². The van der Waals surface area contributed by atoms with Crippen molar-refractivity contribution in [3.05, 3.63) is 108 Å². The maximum absolute atomic E-state index is 12.5. The molecule has 0 fully saturated rings. The number of fused-ring (bicyclic) bond motifs is 1. The minimum absolute atomic E-state index is 0.260. The number of benzene rings is 3. The van der Waals surface area contributed by atoms with Crippen LogP contribution >= 0.6 is 0 Å². The van der Waals surface area contributed by atoms with Crippen LogP contribution in [0.4, 0.5) is 5.69 Å². The summed E-state index contributed by atoms with van der Waals surface area (Å²) in [6.07, 6.45) is 0.